The fourth-order valence-electron chi connectivity index (χ4n) is 0.581. The van der Waals surface area contributed by atoms with Crippen LogP contribution in [0.4, 0.5) is 0 Å². The maximum absolute atomic E-state index is 4.97. The summed E-state index contributed by atoms with van der Waals surface area (Å²) in [5.41, 5.74) is 0. The molecule has 1 atom stereocenters. The quantitative estimate of drug-likeness (QED) is 0.400. The average Bonchev–Trinajstić information content (AvgIpc) is 2.51. The van der Waals surface area contributed by atoms with Gasteiger partial charge in [0.1, 0.15) is 0 Å². The van der Waals surface area contributed by atoms with Gasteiger partial charge in [-0.05, 0) is 6.42 Å². The molecule has 1 heteroatoms. The van der Waals surface area contributed by atoms with E-state index in [1.165, 1.54) is 12.8 Å². The van der Waals surface area contributed by atoms with Crippen molar-refractivity contribution in [3.8, 4) is 0 Å². The summed E-state index contributed by atoms with van der Waals surface area (Å²) in [6.45, 7) is 3.12. The third-order valence-electron chi connectivity index (χ3n) is 1.17. The van der Waals surface area contributed by atoms with E-state index in [0.717, 1.165) is 6.61 Å². The van der Waals surface area contributed by atoms with Gasteiger partial charge in [-0.15, -0.1) is 0 Å². The minimum Gasteiger partial charge on any atom is -0.369 e. The van der Waals surface area contributed by atoms with Crippen molar-refractivity contribution in [2.45, 2.75) is 25.9 Å². The van der Waals surface area contributed by atoms with Gasteiger partial charge in [0.05, 0.1) is 12.7 Å². The van der Waals surface area contributed by atoms with Gasteiger partial charge in [0, 0.05) is 0 Å². The number of epoxide rings is 1. The minimum atomic E-state index is 0.474. The van der Waals surface area contributed by atoms with Gasteiger partial charge < -0.3 is 4.74 Å². The Balaban J connectivity index is 1.96. The molecule has 0 aromatic carbocycles. The second-order valence-electron chi connectivity index (χ2n) is 2.09. The van der Waals surface area contributed by atoms with Gasteiger partial charge in [-0.25, -0.2) is 0 Å². The molecule has 8 heavy (non-hydrogen) atoms. The number of unbranched alkanes of at least 4 members (excludes halogenated alkanes) is 1. The van der Waals surface area contributed by atoms with Crippen LogP contribution in [-0.4, -0.2) is 12.7 Å². The largest absolute Gasteiger partial charge is 0.369 e. The van der Waals surface area contributed by atoms with Crippen molar-refractivity contribution < 1.29 is 4.74 Å². The van der Waals surface area contributed by atoms with E-state index in [0.29, 0.717) is 6.10 Å². The van der Waals surface area contributed by atoms with Crippen molar-refractivity contribution in [3.63, 3.8) is 0 Å². The first-order chi connectivity index (χ1) is 3.93. The van der Waals surface area contributed by atoms with Crippen LogP contribution in [0.15, 0.2) is 12.2 Å². The predicted octanol–water partition coefficient (Wildman–Crippen LogP) is 1.74. The molecule has 0 N–H and O–H groups in total. The average molecular weight is 112 g/mol. The summed E-state index contributed by atoms with van der Waals surface area (Å²) in [5.74, 6) is 0. The first-order valence-electron chi connectivity index (χ1n) is 3.21. The molecule has 1 aliphatic rings. The van der Waals surface area contributed by atoms with E-state index in [1.807, 2.05) is 0 Å². The highest BCUT2D eigenvalue weighted by Gasteiger charge is 2.17. The van der Waals surface area contributed by atoms with E-state index in [9.17, 15) is 0 Å². The van der Waals surface area contributed by atoms with E-state index < -0.39 is 0 Å². The molecule has 0 aromatic rings. The van der Waals surface area contributed by atoms with Gasteiger partial charge in [0.15, 0.2) is 0 Å². The minimum absolute atomic E-state index is 0.474. The normalized spacial score (nSPS) is 26.9. The van der Waals surface area contributed by atoms with Crippen molar-refractivity contribution in [1.29, 1.82) is 0 Å². The number of hydrogen-bond donors (Lipinski definition) is 0. The maximum atomic E-state index is 4.97. The molecular formula is C7H12O. The Kier molecular flexibility index (Phi) is 2.10. The van der Waals surface area contributed by atoms with Gasteiger partial charge in [-0.2, -0.15) is 0 Å². The smallest absolute Gasteiger partial charge is 0.0991 e. The highest BCUT2D eigenvalue weighted by Crippen LogP contribution is 2.10. The van der Waals surface area contributed by atoms with Crippen LogP contribution in [0.1, 0.15) is 19.8 Å². The Morgan fingerprint density at radius 2 is 2.50 bits per heavy atom. The molecule has 0 saturated carbocycles. The first-order valence-corrected chi connectivity index (χ1v) is 3.21. The van der Waals surface area contributed by atoms with Gasteiger partial charge in [0.25, 0.3) is 0 Å². The molecule has 0 spiro atoms. The van der Waals surface area contributed by atoms with Gasteiger partial charge >= 0.3 is 0 Å². The van der Waals surface area contributed by atoms with Crippen LogP contribution in [0.3, 0.4) is 0 Å². The molecule has 46 valence electrons. The predicted molar refractivity (Wildman–Crippen MR) is 33.8 cm³/mol. The first kappa shape index (κ1) is 5.83. The maximum Gasteiger partial charge on any atom is 0.0991 e. The van der Waals surface area contributed by atoms with Crippen molar-refractivity contribution in [3.05, 3.63) is 12.2 Å². The SMILES string of the molecule is CCCC=CC1CO1. The number of allylic oxidation sites excluding steroid dienone is 1. The highest BCUT2D eigenvalue weighted by atomic mass is 16.6. The molecule has 1 heterocycles. The Labute approximate surface area is 50.3 Å². The third kappa shape index (κ3) is 2.12. The zero-order chi connectivity index (χ0) is 5.82. The lowest BCUT2D eigenvalue weighted by atomic mass is 10.3. The van der Waals surface area contributed by atoms with Crippen molar-refractivity contribution in [1.82, 2.24) is 0 Å². The Hall–Kier alpha value is -0.300. The third-order valence-corrected chi connectivity index (χ3v) is 1.17. The second-order valence-corrected chi connectivity index (χ2v) is 2.09. The standard InChI is InChI=1S/C7H12O/c1-2-3-4-5-7-6-8-7/h4-5,7H,2-3,6H2,1H3. The lowest BCUT2D eigenvalue weighted by molar-refractivity contribution is 0.439. The molecule has 0 radical (unpaired) electrons. The summed E-state index contributed by atoms with van der Waals surface area (Å²) in [6.07, 6.45) is 7.24. The summed E-state index contributed by atoms with van der Waals surface area (Å²) in [6, 6.07) is 0. The molecule has 1 nitrogen and oxygen atoms in total. The van der Waals surface area contributed by atoms with Crippen LogP contribution in [0.2, 0.25) is 0 Å². The highest BCUT2D eigenvalue weighted by molar-refractivity contribution is 4.95. The van der Waals surface area contributed by atoms with E-state index in [2.05, 4.69) is 19.1 Å². The summed E-state index contributed by atoms with van der Waals surface area (Å²) in [5, 5.41) is 0. The molecule has 1 unspecified atom stereocenters. The summed E-state index contributed by atoms with van der Waals surface area (Å²) in [7, 11) is 0. The molecule has 0 aromatic heterocycles. The number of ether oxygens (including phenoxy) is 1. The van der Waals surface area contributed by atoms with Gasteiger partial charge in [-0.1, -0.05) is 25.5 Å². The van der Waals surface area contributed by atoms with Crippen LogP contribution >= 0.6 is 0 Å². The van der Waals surface area contributed by atoms with Crippen LogP contribution < -0.4 is 0 Å². The zero-order valence-electron chi connectivity index (χ0n) is 5.26. The molecule has 1 fully saturated rings. The Bertz CT molecular complexity index is 82.4. The van der Waals surface area contributed by atoms with Crippen LogP contribution in [0.5, 0.6) is 0 Å². The van der Waals surface area contributed by atoms with Crippen LogP contribution in [-0.2, 0) is 4.74 Å². The van der Waals surface area contributed by atoms with Crippen LogP contribution in [0, 0.1) is 0 Å². The number of hydrogen-bond acceptors (Lipinski definition) is 1. The Morgan fingerprint density at radius 3 is 3.00 bits per heavy atom. The summed E-state index contributed by atoms with van der Waals surface area (Å²) in [4.78, 5) is 0. The molecular weight excluding hydrogens is 100 g/mol. The summed E-state index contributed by atoms with van der Waals surface area (Å²) >= 11 is 0. The molecule has 1 rings (SSSR count). The fraction of sp³-hybridized carbons (Fsp3) is 0.714. The van der Waals surface area contributed by atoms with Crippen molar-refractivity contribution >= 4 is 0 Å². The van der Waals surface area contributed by atoms with Crippen LogP contribution in [0.25, 0.3) is 0 Å². The number of rotatable bonds is 3. The molecule has 1 aliphatic heterocycles. The van der Waals surface area contributed by atoms with Gasteiger partial charge in [-0.3, -0.25) is 0 Å². The topological polar surface area (TPSA) is 12.5 Å². The summed E-state index contributed by atoms with van der Waals surface area (Å²) < 4.78 is 4.97. The Morgan fingerprint density at radius 1 is 1.75 bits per heavy atom. The monoisotopic (exact) mass is 112 g/mol. The van der Waals surface area contributed by atoms with E-state index >= 15 is 0 Å². The van der Waals surface area contributed by atoms with Gasteiger partial charge in [0.2, 0.25) is 0 Å². The lowest BCUT2D eigenvalue weighted by Gasteiger charge is -1.79. The van der Waals surface area contributed by atoms with E-state index in [1.54, 1.807) is 0 Å². The molecule has 0 bridgehead atoms. The zero-order valence-corrected chi connectivity index (χ0v) is 5.26. The fourth-order valence-corrected chi connectivity index (χ4v) is 0.581. The second kappa shape index (κ2) is 2.88. The van der Waals surface area contributed by atoms with Crippen molar-refractivity contribution in [2.75, 3.05) is 6.61 Å². The lowest BCUT2D eigenvalue weighted by Crippen LogP contribution is -1.72. The van der Waals surface area contributed by atoms with E-state index in [-0.39, 0.29) is 0 Å². The molecule has 0 amide bonds. The molecule has 0 aliphatic carbocycles. The van der Waals surface area contributed by atoms with Crippen molar-refractivity contribution in [2.24, 2.45) is 0 Å². The molecule has 1 saturated heterocycles. The van der Waals surface area contributed by atoms with E-state index in [4.69, 9.17) is 4.74 Å².